The van der Waals surface area contributed by atoms with E-state index in [0.29, 0.717) is 24.1 Å². The van der Waals surface area contributed by atoms with Gasteiger partial charge in [-0.15, -0.1) is 0 Å². The molecule has 12 heteroatoms. The minimum Gasteiger partial charge on any atom is -0.507 e. The Labute approximate surface area is 222 Å². The van der Waals surface area contributed by atoms with Gasteiger partial charge in [-0.2, -0.15) is 0 Å². The molecule has 0 aromatic heterocycles. The summed E-state index contributed by atoms with van der Waals surface area (Å²) in [6.45, 7) is 1.02. The molecule has 7 atom stereocenters. The van der Waals surface area contributed by atoms with Gasteiger partial charge in [0.2, 0.25) is 5.91 Å². The van der Waals surface area contributed by atoms with E-state index < -0.39 is 76.3 Å². The molecule has 3 fully saturated rings. The van der Waals surface area contributed by atoms with Gasteiger partial charge in [-0.25, -0.2) is 4.39 Å². The zero-order valence-electron chi connectivity index (χ0n) is 20.9. The van der Waals surface area contributed by atoms with Crippen molar-refractivity contribution in [2.24, 2.45) is 29.4 Å². The Morgan fingerprint density at radius 3 is 2.53 bits per heavy atom. The molecule has 10 nitrogen and oxygen atoms in total. The van der Waals surface area contributed by atoms with Gasteiger partial charge >= 0.3 is 0 Å². The summed E-state index contributed by atoms with van der Waals surface area (Å²) in [6.07, 6.45) is -0.530. The highest BCUT2D eigenvalue weighted by Gasteiger charge is 2.69. The molecule has 2 saturated carbocycles. The van der Waals surface area contributed by atoms with Crippen LogP contribution < -0.4 is 5.73 Å². The predicted octanol–water partition coefficient (Wildman–Crippen LogP) is 0.0642. The lowest BCUT2D eigenvalue weighted by Gasteiger charge is -2.52. The Hall–Kier alpha value is -2.73. The van der Waals surface area contributed by atoms with Gasteiger partial charge in [-0.3, -0.25) is 33.8 Å². The lowest BCUT2D eigenvalue weighted by Crippen LogP contribution is -2.74. The fourth-order valence-corrected chi connectivity index (χ4v) is 7.28. The second-order valence-corrected chi connectivity index (χ2v) is 11.5. The molecule has 1 aromatic rings. The molecule has 38 heavy (non-hydrogen) atoms. The van der Waals surface area contributed by atoms with Crippen LogP contribution in [0.15, 0.2) is 6.07 Å². The molecular weight excluding hydrogens is 521 g/mol. The largest absolute Gasteiger partial charge is 0.507 e. The number of likely N-dealkylation sites (tertiary alicyclic amines) is 1. The van der Waals surface area contributed by atoms with Crippen molar-refractivity contribution in [3.05, 3.63) is 27.8 Å². The number of primary amides is 1. The van der Waals surface area contributed by atoms with Gasteiger partial charge in [-0.05, 0) is 56.5 Å². The van der Waals surface area contributed by atoms with Crippen LogP contribution in [-0.4, -0.2) is 94.1 Å². The van der Waals surface area contributed by atoms with Gasteiger partial charge in [0.15, 0.2) is 34.7 Å². The maximum Gasteiger partial charge on any atom is 0.235 e. The quantitative estimate of drug-likeness (QED) is 0.442. The highest BCUT2D eigenvalue weighted by molar-refractivity contribution is 6.34. The lowest BCUT2D eigenvalue weighted by molar-refractivity contribution is -0.181. The number of phenolic OH excluding ortho intramolecular Hbond substituents is 1. The number of aromatic hydroxyl groups is 1. The van der Waals surface area contributed by atoms with Crippen LogP contribution in [0, 0.1) is 23.7 Å². The number of halogens is 2. The second kappa shape index (κ2) is 9.18. The summed E-state index contributed by atoms with van der Waals surface area (Å²) in [7, 11) is 3.05. The second-order valence-electron chi connectivity index (χ2n) is 11.1. The molecule has 1 amide bonds. The Kier molecular flexibility index (Phi) is 6.49. The van der Waals surface area contributed by atoms with Gasteiger partial charge in [0.25, 0.3) is 0 Å². The maximum atomic E-state index is 13.8. The van der Waals surface area contributed by atoms with Crippen LogP contribution in [0.2, 0.25) is 5.02 Å². The van der Waals surface area contributed by atoms with Gasteiger partial charge in [0.05, 0.1) is 17.5 Å². The summed E-state index contributed by atoms with van der Waals surface area (Å²) in [5, 5.41) is 22.6. The number of nitrogens with two attached hydrogens (primary N) is 1. The van der Waals surface area contributed by atoms with Crippen molar-refractivity contribution < 1.29 is 38.6 Å². The first-order valence-corrected chi connectivity index (χ1v) is 12.9. The van der Waals surface area contributed by atoms with Gasteiger partial charge in [-0.1, -0.05) is 11.6 Å². The number of alkyl halides is 1. The average molecular weight is 550 g/mol. The summed E-state index contributed by atoms with van der Waals surface area (Å²) in [5.74, 6) is -11.1. The lowest BCUT2D eigenvalue weighted by atomic mass is 9.52. The molecule has 3 aliphatic carbocycles. The van der Waals surface area contributed by atoms with E-state index in [-0.39, 0.29) is 36.5 Å². The Bertz CT molecular complexity index is 1290. The summed E-state index contributed by atoms with van der Waals surface area (Å²) in [6, 6.07) is 0.154. The number of Topliss-reactive ketones (excluding diaryl/α,β-unsaturated/α-hetero) is 4. The highest BCUT2D eigenvalue weighted by Crippen LogP contribution is 2.51. The molecule has 204 valence electrons. The first-order chi connectivity index (χ1) is 17.8. The topological polar surface area (TPSA) is 158 Å². The molecule has 1 aromatic carbocycles. The number of rotatable bonds is 4. The molecule has 5 rings (SSSR count). The normalized spacial score (nSPS) is 35.3. The van der Waals surface area contributed by atoms with Crippen molar-refractivity contribution in [1.82, 2.24) is 9.80 Å². The number of likely N-dealkylation sites (N-methyl/N-ethyl adjacent to an activating group) is 1. The SMILES string of the molecule is CN(C)[C@@H]1C(=O)C(C(N)=O)C(=O)[C@@]2(O)C(=O)C3C(=O)c4c(O)cc(CN5CC[C@H](F)C5)c(Cl)c4C[C@H]3C[C@@H]12. The van der Waals surface area contributed by atoms with Crippen LogP contribution in [-0.2, 0) is 32.1 Å². The van der Waals surface area contributed by atoms with E-state index in [1.54, 1.807) is 0 Å². The molecule has 1 saturated heterocycles. The fourth-order valence-electron chi connectivity index (χ4n) is 6.99. The number of carbonyl (C=O) groups excluding carboxylic acids is 5. The zero-order valence-corrected chi connectivity index (χ0v) is 21.7. The predicted molar refractivity (Wildman–Crippen MR) is 131 cm³/mol. The first-order valence-electron chi connectivity index (χ1n) is 12.5. The molecule has 1 aliphatic heterocycles. The number of fused-ring (bicyclic) bond motifs is 3. The van der Waals surface area contributed by atoms with Crippen LogP contribution in [0.3, 0.4) is 0 Å². The third-order valence-corrected chi connectivity index (χ3v) is 9.15. The smallest absolute Gasteiger partial charge is 0.235 e. The van der Waals surface area contributed by atoms with Crippen LogP contribution in [0.5, 0.6) is 5.75 Å². The van der Waals surface area contributed by atoms with E-state index in [9.17, 15) is 38.6 Å². The van der Waals surface area contributed by atoms with Gasteiger partial charge in [0, 0.05) is 30.6 Å². The summed E-state index contributed by atoms with van der Waals surface area (Å²) < 4.78 is 13.7. The Morgan fingerprint density at radius 1 is 1.26 bits per heavy atom. The summed E-state index contributed by atoms with van der Waals surface area (Å²) >= 11 is 6.70. The molecule has 0 radical (unpaired) electrons. The first kappa shape index (κ1) is 26.9. The van der Waals surface area contributed by atoms with Gasteiger partial charge in [0.1, 0.15) is 11.9 Å². The highest BCUT2D eigenvalue weighted by atomic mass is 35.5. The number of benzene rings is 1. The monoisotopic (exact) mass is 549 g/mol. The van der Waals surface area contributed by atoms with E-state index in [4.69, 9.17) is 17.3 Å². The number of hydrogen-bond acceptors (Lipinski definition) is 9. The average Bonchev–Trinajstić information content (AvgIpc) is 3.23. The van der Waals surface area contributed by atoms with Crippen molar-refractivity contribution in [1.29, 1.82) is 0 Å². The van der Waals surface area contributed by atoms with E-state index in [1.165, 1.54) is 25.1 Å². The molecule has 2 unspecified atom stereocenters. The van der Waals surface area contributed by atoms with E-state index in [1.807, 2.05) is 4.90 Å². The van der Waals surface area contributed by atoms with Crippen molar-refractivity contribution in [2.75, 3.05) is 27.2 Å². The number of nitrogens with zero attached hydrogens (tertiary/aromatic N) is 2. The zero-order chi connectivity index (χ0) is 27.8. The molecule has 4 aliphatic rings. The standard InChI is InChI=1S/C26H29ClFN3O7/c1-30(2)20-14-6-10-5-13-17(15(32)7-11(19(13)27)8-31-4-3-12(28)9-31)21(33)16(10)23(35)26(14,38)24(36)18(22(20)34)25(29)37/h7,10,12,14,16,18,20,32,38H,3-6,8-9H2,1-2H3,(H2,29,37)/t10-,12-,14-,16?,18?,20-,26-/m0/s1. The Balaban J connectivity index is 1.57. The molecule has 4 N–H and O–H groups in total. The minimum absolute atomic E-state index is 0.0547. The van der Waals surface area contributed by atoms with E-state index >= 15 is 0 Å². The maximum absolute atomic E-state index is 13.8. The van der Waals surface area contributed by atoms with Gasteiger partial charge < -0.3 is 15.9 Å². The van der Waals surface area contributed by atoms with E-state index in [0.717, 1.165) is 0 Å². The van der Waals surface area contributed by atoms with Crippen LogP contribution >= 0.6 is 11.6 Å². The molecule has 1 heterocycles. The minimum atomic E-state index is -2.77. The molecular formula is C26H29ClFN3O7. The van der Waals surface area contributed by atoms with Crippen molar-refractivity contribution in [3.63, 3.8) is 0 Å². The van der Waals surface area contributed by atoms with Crippen molar-refractivity contribution in [3.8, 4) is 5.75 Å². The number of ketones is 4. The third-order valence-electron chi connectivity index (χ3n) is 8.68. The number of amides is 1. The number of carbonyl (C=O) groups is 5. The van der Waals surface area contributed by atoms with E-state index in [2.05, 4.69) is 0 Å². The molecule has 0 bridgehead atoms. The number of aliphatic hydroxyl groups is 1. The summed E-state index contributed by atoms with van der Waals surface area (Å²) in [5.41, 5.74) is 3.24. The summed E-state index contributed by atoms with van der Waals surface area (Å²) in [4.78, 5) is 69.2. The number of phenols is 1. The van der Waals surface area contributed by atoms with Crippen molar-refractivity contribution >= 4 is 40.6 Å². The Morgan fingerprint density at radius 2 is 1.95 bits per heavy atom. The van der Waals surface area contributed by atoms with Crippen LogP contribution in [0.4, 0.5) is 4.39 Å². The third kappa shape index (κ3) is 3.74. The van der Waals surface area contributed by atoms with Crippen molar-refractivity contribution in [2.45, 2.75) is 43.6 Å². The fraction of sp³-hybridized carbons (Fsp3) is 0.577. The molecule has 0 spiro atoms. The van der Waals surface area contributed by atoms with Crippen LogP contribution in [0.25, 0.3) is 0 Å². The van der Waals surface area contributed by atoms with Crippen LogP contribution in [0.1, 0.15) is 34.3 Å². The number of hydrogen-bond donors (Lipinski definition) is 3.